The molecule has 0 unspecified atom stereocenters. The fourth-order valence-corrected chi connectivity index (χ4v) is 2.99. The summed E-state index contributed by atoms with van der Waals surface area (Å²) in [5, 5.41) is 14.6. The lowest BCUT2D eigenvalue weighted by Crippen LogP contribution is -1.99. The number of rotatable bonds is 2. The minimum absolute atomic E-state index is 0.450. The third-order valence-electron chi connectivity index (χ3n) is 3.87. The lowest BCUT2D eigenvalue weighted by molar-refractivity contribution is 0.576. The Kier molecular flexibility index (Phi) is 3.06. The van der Waals surface area contributed by atoms with Gasteiger partial charge in [0.1, 0.15) is 6.33 Å². The minimum Gasteiger partial charge on any atom is -0.461 e. The van der Waals surface area contributed by atoms with Crippen molar-refractivity contribution in [2.24, 2.45) is 0 Å². The molecule has 0 aliphatic rings. The van der Waals surface area contributed by atoms with Gasteiger partial charge in [0.15, 0.2) is 17.1 Å². The second-order valence-electron chi connectivity index (χ2n) is 5.33. The van der Waals surface area contributed by atoms with E-state index in [0.717, 1.165) is 11.1 Å². The van der Waals surface area contributed by atoms with E-state index < -0.39 is 0 Å². The highest BCUT2D eigenvalue weighted by Crippen LogP contribution is 2.27. The summed E-state index contributed by atoms with van der Waals surface area (Å²) in [6.07, 6.45) is 4.93. The molecule has 4 heterocycles. The summed E-state index contributed by atoms with van der Waals surface area (Å²) in [4.78, 5) is 4.51. The van der Waals surface area contributed by atoms with E-state index in [2.05, 4.69) is 20.3 Å². The highest BCUT2D eigenvalue weighted by atomic mass is 35.5. The average Bonchev–Trinajstić information content (AvgIpc) is 3.34. The molecule has 0 fully saturated rings. The number of halogens is 2. The van der Waals surface area contributed by atoms with Crippen molar-refractivity contribution in [1.82, 2.24) is 29.4 Å². The Labute approximate surface area is 150 Å². The smallest absolute Gasteiger partial charge is 0.205 e. The molecular formula is C16H8Cl2N6O. The highest BCUT2D eigenvalue weighted by molar-refractivity contribution is 6.42. The van der Waals surface area contributed by atoms with Gasteiger partial charge in [0.25, 0.3) is 0 Å². The van der Waals surface area contributed by atoms with Crippen molar-refractivity contribution >= 4 is 39.9 Å². The Hall–Kier alpha value is -2.90. The lowest BCUT2D eigenvalue weighted by Gasteiger charge is -2.04. The summed E-state index contributed by atoms with van der Waals surface area (Å²) >= 11 is 12.1. The predicted octanol–water partition coefficient (Wildman–Crippen LogP) is 4.03. The molecule has 0 saturated heterocycles. The van der Waals surface area contributed by atoms with Crippen LogP contribution in [0.4, 0.5) is 0 Å². The van der Waals surface area contributed by atoms with E-state index in [0.29, 0.717) is 32.9 Å². The van der Waals surface area contributed by atoms with Crippen LogP contribution in [0, 0.1) is 0 Å². The van der Waals surface area contributed by atoms with E-state index in [4.69, 9.17) is 27.6 Å². The first-order valence-corrected chi connectivity index (χ1v) is 8.05. The lowest BCUT2D eigenvalue weighted by atomic mass is 10.3. The molecule has 25 heavy (non-hydrogen) atoms. The molecular weight excluding hydrogens is 363 g/mol. The van der Waals surface area contributed by atoms with Crippen LogP contribution in [-0.4, -0.2) is 29.4 Å². The minimum atomic E-state index is 0.450. The first-order chi connectivity index (χ1) is 12.2. The van der Waals surface area contributed by atoms with Gasteiger partial charge in [-0.15, -0.1) is 10.2 Å². The molecule has 0 atom stereocenters. The summed E-state index contributed by atoms with van der Waals surface area (Å²) in [6.45, 7) is 0. The molecule has 9 heteroatoms. The van der Waals surface area contributed by atoms with Crippen molar-refractivity contribution in [1.29, 1.82) is 0 Å². The van der Waals surface area contributed by atoms with E-state index in [-0.39, 0.29) is 0 Å². The molecule has 0 radical (unpaired) electrons. The van der Waals surface area contributed by atoms with Crippen LogP contribution in [-0.2, 0) is 0 Å². The number of nitrogens with zero attached hydrogens (tertiary/aromatic N) is 6. The quantitative estimate of drug-likeness (QED) is 0.468. The normalized spacial score (nSPS) is 11.6. The molecule has 0 spiro atoms. The van der Waals surface area contributed by atoms with Crippen LogP contribution < -0.4 is 0 Å². The summed E-state index contributed by atoms with van der Waals surface area (Å²) in [5.41, 5.74) is 2.04. The van der Waals surface area contributed by atoms with E-state index in [9.17, 15) is 0 Å². The molecule has 5 rings (SSSR count). The van der Waals surface area contributed by atoms with Crippen LogP contribution in [0.25, 0.3) is 34.0 Å². The van der Waals surface area contributed by atoms with Crippen molar-refractivity contribution < 1.29 is 4.42 Å². The third-order valence-corrected chi connectivity index (χ3v) is 4.60. The van der Waals surface area contributed by atoms with E-state index in [1.165, 1.54) is 0 Å². The van der Waals surface area contributed by atoms with Gasteiger partial charge in [-0.1, -0.05) is 23.2 Å². The van der Waals surface area contributed by atoms with Crippen molar-refractivity contribution in [2.75, 3.05) is 0 Å². The topological polar surface area (TPSA) is 74.0 Å². The summed E-state index contributed by atoms with van der Waals surface area (Å²) < 4.78 is 8.84. The Morgan fingerprint density at radius 1 is 1.00 bits per heavy atom. The number of fused-ring (bicyclic) bond motifs is 3. The van der Waals surface area contributed by atoms with E-state index in [1.807, 2.05) is 12.1 Å². The van der Waals surface area contributed by atoms with Gasteiger partial charge in [-0.05, 0) is 30.3 Å². The number of hydrogen-bond donors (Lipinski definition) is 0. The van der Waals surface area contributed by atoms with Crippen molar-refractivity contribution in [3.63, 3.8) is 0 Å². The van der Waals surface area contributed by atoms with Gasteiger partial charge in [-0.25, -0.2) is 9.67 Å². The van der Waals surface area contributed by atoms with Gasteiger partial charge < -0.3 is 4.42 Å². The Morgan fingerprint density at radius 3 is 2.72 bits per heavy atom. The number of aromatic nitrogens is 6. The molecule has 1 aromatic carbocycles. The summed E-state index contributed by atoms with van der Waals surface area (Å²) in [5.74, 6) is 1.20. The fourth-order valence-electron chi connectivity index (χ4n) is 2.70. The van der Waals surface area contributed by atoms with Gasteiger partial charge in [0, 0.05) is 0 Å². The zero-order chi connectivity index (χ0) is 17.0. The first kappa shape index (κ1) is 14.4. The summed E-state index contributed by atoms with van der Waals surface area (Å²) in [6, 6.07) is 8.90. The van der Waals surface area contributed by atoms with Gasteiger partial charge in [-0.2, -0.15) is 5.10 Å². The molecule has 0 aliphatic carbocycles. The van der Waals surface area contributed by atoms with Gasteiger partial charge >= 0.3 is 0 Å². The number of benzene rings is 1. The molecule has 0 N–H and O–H groups in total. The van der Waals surface area contributed by atoms with Gasteiger partial charge in [0.2, 0.25) is 5.82 Å². The van der Waals surface area contributed by atoms with Crippen LogP contribution in [0.1, 0.15) is 0 Å². The summed E-state index contributed by atoms with van der Waals surface area (Å²) in [7, 11) is 0. The Morgan fingerprint density at radius 2 is 1.92 bits per heavy atom. The van der Waals surface area contributed by atoms with Crippen molar-refractivity contribution in [3.8, 4) is 17.3 Å². The van der Waals surface area contributed by atoms with Crippen LogP contribution in [0.15, 0.2) is 53.5 Å². The molecule has 122 valence electrons. The van der Waals surface area contributed by atoms with Crippen LogP contribution >= 0.6 is 23.2 Å². The fraction of sp³-hybridized carbons (Fsp3) is 0. The monoisotopic (exact) mass is 370 g/mol. The second kappa shape index (κ2) is 5.30. The van der Waals surface area contributed by atoms with Crippen LogP contribution in [0.5, 0.6) is 0 Å². The van der Waals surface area contributed by atoms with Crippen molar-refractivity contribution in [3.05, 3.63) is 59.2 Å². The first-order valence-electron chi connectivity index (χ1n) is 7.29. The van der Waals surface area contributed by atoms with Crippen LogP contribution in [0.2, 0.25) is 10.0 Å². The molecule has 0 bridgehead atoms. The maximum Gasteiger partial charge on any atom is 0.205 e. The number of furan rings is 1. The SMILES string of the molecule is Clc1ccc(-n2ncc3c2ncn2c(-c4ccco4)nnc32)cc1Cl. The Balaban J connectivity index is 1.74. The van der Waals surface area contributed by atoms with Gasteiger partial charge in [-0.3, -0.25) is 4.40 Å². The standard InChI is InChI=1S/C16H8Cl2N6O/c17-11-4-3-9(6-12(11)18)24-14-10(7-20-24)15-21-22-16(23(15)8-19-14)13-2-1-5-25-13/h1-8H. The molecule has 4 aromatic heterocycles. The molecule has 0 saturated carbocycles. The average molecular weight is 371 g/mol. The van der Waals surface area contributed by atoms with E-state index in [1.54, 1.807) is 46.1 Å². The highest BCUT2D eigenvalue weighted by Gasteiger charge is 2.16. The zero-order valence-electron chi connectivity index (χ0n) is 12.5. The maximum atomic E-state index is 6.11. The number of hydrogen-bond acceptors (Lipinski definition) is 5. The Bertz CT molecular complexity index is 1220. The maximum absolute atomic E-state index is 6.11. The molecule has 0 aliphatic heterocycles. The largest absolute Gasteiger partial charge is 0.461 e. The molecule has 7 nitrogen and oxygen atoms in total. The molecule has 5 aromatic rings. The van der Waals surface area contributed by atoms with Gasteiger partial charge in [0.05, 0.1) is 33.6 Å². The zero-order valence-corrected chi connectivity index (χ0v) is 14.0. The molecule has 0 amide bonds. The van der Waals surface area contributed by atoms with E-state index >= 15 is 0 Å². The predicted molar refractivity (Wildman–Crippen MR) is 93.1 cm³/mol. The van der Waals surface area contributed by atoms with Crippen LogP contribution in [0.3, 0.4) is 0 Å². The second-order valence-corrected chi connectivity index (χ2v) is 6.15. The van der Waals surface area contributed by atoms with Crippen molar-refractivity contribution in [2.45, 2.75) is 0 Å². The third kappa shape index (κ3) is 2.13.